The van der Waals surface area contributed by atoms with Gasteiger partial charge in [0.05, 0.1) is 11.6 Å². The molecule has 1 atom stereocenters. The normalized spacial score (nSPS) is 12.5. The van der Waals surface area contributed by atoms with Crippen LogP contribution in [0.1, 0.15) is 13.3 Å². The number of ether oxygens (including phenoxy) is 1. The summed E-state index contributed by atoms with van der Waals surface area (Å²) >= 11 is 6.24. The van der Waals surface area contributed by atoms with Crippen LogP contribution in [0.25, 0.3) is 22.4 Å². The lowest BCUT2D eigenvalue weighted by Crippen LogP contribution is -2.26. The third kappa shape index (κ3) is 2.42. The number of nitrogens with zero attached hydrogens (tertiary/aromatic N) is 1. The standard InChI is InChI=1S/C15H12ClNO5/c1-2-9(15(18)19)21-10-6-5-8-13(11-4-3-7-20-11)17-22-14(8)12(10)16/h3-7,9H,2H2,1H3,(H,18,19). The fraction of sp³-hybridized carbons (Fsp3) is 0.200. The molecule has 1 N–H and O–H groups in total. The molecule has 6 nitrogen and oxygen atoms in total. The van der Waals surface area contributed by atoms with Crippen molar-refractivity contribution in [2.75, 3.05) is 0 Å². The summed E-state index contributed by atoms with van der Waals surface area (Å²) in [6.45, 7) is 1.72. The van der Waals surface area contributed by atoms with E-state index >= 15 is 0 Å². The lowest BCUT2D eigenvalue weighted by molar-refractivity contribution is -0.145. The van der Waals surface area contributed by atoms with Crippen molar-refractivity contribution < 1.29 is 23.6 Å². The summed E-state index contributed by atoms with van der Waals surface area (Å²) < 4.78 is 16.0. The number of aromatic nitrogens is 1. The predicted octanol–water partition coefficient (Wildman–Crippen LogP) is 3.98. The van der Waals surface area contributed by atoms with Crippen LogP contribution in [0.15, 0.2) is 39.5 Å². The fourth-order valence-electron chi connectivity index (χ4n) is 2.10. The Balaban J connectivity index is 2.02. The zero-order chi connectivity index (χ0) is 15.7. The first kappa shape index (κ1) is 14.5. The van der Waals surface area contributed by atoms with Gasteiger partial charge in [-0.1, -0.05) is 23.7 Å². The number of halogens is 1. The molecule has 0 radical (unpaired) electrons. The van der Waals surface area contributed by atoms with Gasteiger partial charge in [-0.05, 0) is 30.7 Å². The molecule has 1 aromatic carbocycles. The van der Waals surface area contributed by atoms with E-state index in [0.29, 0.717) is 28.8 Å². The van der Waals surface area contributed by atoms with E-state index in [0.717, 1.165) is 0 Å². The molecule has 3 aromatic rings. The number of fused-ring (bicyclic) bond motifs is 1. The van der Waals surface area contributed by atoms with Gasteiger partial charge in [-0.3, -0.25) is 0 Å². The number of furan rings is 1. The molecule has 0 bridgehead atoms. The lowest BCUT2D eigenvalue weighted by atomic mass is 10.1. The van der Waals surface area contributed by atoms with Crippen molar-refractivity contribution in [1.29, 1.82) is 0 Å². The summed E-state index contributed by atoms with van der Waals surface area (Å²) in [4.78, 5) is 11.1. The number of aliphatic carboxylic acids is 1. The van der Waals surface area contributed by atoms with Gasteiger partial charge in [0, 0.05) is 0 Å². The molecule has 0 saturated heterocycles. The molecule has 114 valence electrons. The molecular formula is C15H12ClNO5. The van der Waals surface area contributed by atoms with Gasteiger partial charge in [0.15, 0.2) is 23.1 Å². The minimum Gasteiger partial charge on any atom is -0.479 e. The highest BCUT2D eigenvalue weighted by atomic mass is 35.5. The maximum Gasteiger partial charge on any atom is 0.344 e. The second kappa shape index (κ2) is 5.73. The first-order chi connectivity index (χ1) is 10.6. The molecule has 0 aliphatic heterocycles. The van der Waals surface area contributed by atoms with Crippen molar-refractivity contribution in [3.63, 3.8) is 0 Å². The number of carbonyl (C=O) groups is 1. The van der Waals surface area contributed by atoms with E-state index in [1.54, 1.807) is 31.2 Å². The minimum absolute atomic E-state index is 0.183. The number of carboxylic acids is 1. The number of hydrogen-bond donors (Lipinski definition) is 1. The third-order valence-electron chi connectivity index (χ3n) is 3.22. The summed E-state index contributed by atoms with van der Waals surface area (Å²) in [5.74, 6) is -0.251. The molecule has 22 heavy (non-hydrogen) atoms. The van der Waals surface area contributed by atoms with Gasteiger partial charge in [0.1, 0.15) is 10.8 Å². The Morgan fingerprint density at radius 1 is 1.45 bits per heavy atom. The molecule has 1 unspecified atom stereocenters. The number of rotatable bonds is 5. The van der Waals surface area contributed by atoms with Gasteiger partial charge in [-0.25, -0.2) is 4.79 Å². The van der Waals surface area contributed by atoms with E-state index in [1.165, 1.54) is 6.26 Å². The highest BCUT2D eigenvalue weighted by Gasteiger charge is 2.22. The number of carboxylic acid groups (broad SMARTS) is 1. The topological polar surface area (TPSA) is 85.7 Å². The highest BCUT2D eigenvalue weighted by molar-refractivity contribution is 6.36. The van der Waals surface area contributed by atoms with Crippen molar-refractivity contribution in [3.8, 4) is 17.2 Å². The third-order valence-corrected chi connectivity index (χ3v) is 3.57. The van der Waals surface area contributed by atoms with E-state index in [1.807, 2.05) is 0 Å². The second-order valence-corrected chi connectivity index (χ2v) is 4.99. The maximum atomic E-state index is 11.1. The summed E-state index contributed by atoms with van der Waals surface area (Å²) in [7, 11) is 0. The summed E-state index contributed by atoms with van der Waals surface area (Å²) in [5.41, 5.74) is 0.851. The Bertz CT molecular complexity index is 809. The maximum absolute atomic E-state index is 11.1. The van der Waals surface area contributed by atoms with Gasteiger partial charge in [-0.2, -0.15) is 0 Å². The van der Waals surface area contributed by atoms with Crippen molar-refractivity contribution in [2.24, 2.45) is 0 Å². The second-order valence-electron chi connectivity index (χ2n) is 4.62. The first-order valence-electron chi connectivity index (χ1n) is 6.63. The van der Waals surface area contributed by atoms with E-state index in [9.17, 15) is 4.79 Å². The van der Waals surface area contributed by atoms with Crippen LogP contribution in [0.4, 0.5) is 0 Å². The monoisotopic (exact) mass is 321 g/mol. The van der Waals surface area contributed by atoms with E-state index in [4.69, 9.17) is 30.4 Å². The van der Waals surface area contributed by atoms with Crippen LogP contribution < -0.4 is 4.74 Å². The molecule has 0 saturated carbocycles. The molecule has 0 amide bonds. The molecule has 2 aromatic heterocycles. The Labute approximate surface area is 130 Å². The van der Waals surface area contributed by atoms with Crippen LogP contribution in [0.5, 0.6) is 5.75 Å². The van der Waals surface area contributed by atoms with Crippen molar-refractivity contribution >= 4 is 28.5 Å². The SMILES string of the molecule is CCC(Oc1ccc2c(-c3ccco3)noc2c1Cl)C(=O)O. The molecule has 2 heterocycles. The zero-order valence-electron chi connectivity index (χ0n) is 11.6. The Kier molecular flexibility index (Phi) is 3.77. The van der Waals surface area contributed by atoms with Gasteiger partial charge < -0.3 is 18.8 Å². The van der Waals surface area contributed by atoms with Crippen LogP contribution >= 0.6 is 11.6 Å². The molecule has 0 fully saturated rings. The van der Waals surface area contributed by atoms with Gasteiger partial charge >= 0.3 is 5.97 Å². The molecule has 0 aliphatic carbocycles. The molecule has 0 spiro atoms. The first-order valence-corrected chi connectivity index (χ1v) is 7.00. The van der Waals surface area contributed by atoms with Crippen LogP contribution in [0, 0.1) is 0 Å². The van der Waals surface area contributed by atoms with E-state index in [2.05, 4.69) is 5.16 Å². The van der Waals surface area contributed by atoms with Gasteiger partial charge in [0.2, 0.25) is 0 Å². The predicted molar refractivity (Wildman–Crippen MR) is 79.1 cm³/mol. The molecule has 3 rings (SSSR count). The number of hydrogen-bond acceptors (Lipinski definition) is 5. The number of benzene rings is 1. The van der Waals surface area contributed by atoms with Crippen LogP contribution in [-0.4, -0.2) is 22.3 Å². The Morgan fingerprint density at radius 2 is 2.27 bits per heavy atom. The Morgan fingerprint density at radius 3 is 2.91 bits per heavy atom. The van der Waals surface area contributed by atoms with E-state index < -0.39 is 12.1 Å². The fourth-order valence-corrected chi connectivity index (χ4v) is 2.34. The van der Waals surface area contributed by atoms with Gasteiger partial charge in [0.25, 0.3) is 0 Å². The quantitative estimate of drug-likeness (QED) is 0.765. The van der Waals surface area contributed by atoms with Gasteiger partial charge in [-0.15, -0.1) is 0 Å². The summed E-state index contributed by atoms with van der Waals surface area (Å²) in [6.07, 6.45) is 0.883. The largest absolute Gasteiger partial charge is 0.479 e. The minimum atomic E-state index is -1.05. The molecular weight excluding hydrogens is 310 g/mol. The average Bonchev–Trinajstić information content (AvgIpc) is 3.15. The zero-order valence-corrected chi connectivity index (χ0v) is 12.3. The smallest absolute Gasteiger partial charge is 0.344 e. The van der Waals surface area contributed by atoms with Crippen molar-refractivity contribution in [1.82, 2.24) is 5.16 Å². The molecule has 0 aliphatic rings. The van der Waals surface area contributed by atoms with Crippen LogP contribution in [-0.2, 0) is 4.79 Å². The van der Waals surface area contributed by atoms with Crippen LogP contribution in [0.2, 0.25) is 5.02 Å². The lowest BCUT2D eigenvalue weighted by Gasteiger charge is -2.13. The highest BCUT2D eigenvalue weighted by Crippen LogP contribution is 2.38. The van der Waals surface area contributed by atoms with Crippen LogP contribution in [0.3, 0.4) is 0 Å². The Hall–Kier alpha value is -2.47. The average molecular weight is 322 g/mol. The summed E-state index contributed by atoms with van der Waals surface area (Å²) in [5, 5.41) is 13.8. The van der Waals surface area contributed by atoms with E-state index in [-0.39, 0.29) is 10.8 Å². The van der Waals surface area contributed by atoms with Crippen molar-refractivity contribution in [2.45, 2.75) is 19.4 Å². The molecule has 7 heteroatoms. The summed E-state index contributed by atoms with van der Waals surface area (Å²) in [6, 6.07) is 6.81. The van der Waals surface area contributed by atoms with Crippen molar-refractivity contribution in [3.05, 3.63) is 35.6 Å².